The van der Waals surface area contributed by atoms with Crippen molar-refractivity contribution in [2.45, 2.75) is 0 Å². The molecule has 0 bridgehead atoms. The van der Waals surface area contributed by atoms with Gasteiger partial charge in [0.25, 0.3) is 0 Å². The van der Waals surface area contributed by atoms with Crippen LogP contribution in [0.3, 0.4) is 0 Å². The van der Waals surface area contributed by atoms with Crippen LogP contribution in [0.25, 0.3) is 0 Å². The molecule has 2 aromatic rings. The zero-order valence-corrected chi connectivity index (χ0v) is 18.8. The third kappa shape index (κ3) is 10.2. The van der Waals surface area contributed by atoms with Crippen molar-refractivity contribution in [1.29, 1.82) is 0 Å². The lowest BCUT2D eigenvalue weighted by Gasteiger charge is -2.09. The van der Waals surface area contributed by atoms with Crippen LogP contribution in [-0.2, 0) is 33.3 Å². The standard InChI is InChI=1S/C24H24N2O9/c27-17-25-21-7-3-1-5-19(21)23(29)34-15-13-32-11-9-31-10-12-33-14-16-35-24(30)20-6-2-4-8-22(20)26-18-28/h1-8H,9-16H2. The molecule has 0 aliphatic heterocycles. The van der Waals surface area contributed by atoms with Gasteiger partial charge in [0.05, 0.1) is 62.1 Å². The van der Waals surface area contributed by atoms with Gasteiger partial charge in [0, 0.05) is 0 Å². The molecule has 35 heavy (non-hydrogen) atoms. The first-order chi connectivity index (χ1) is 17.2. The summed E-state index contributed by atoms with van der Waals surface area (Å²) in [5.41, 5.74) is 0.727. The molecule has 11 nitrogen and oxygen atoms in total. The lowest BCUT2D eigenvalue weighted by Crippen LogP contribution is -2.15. The number of para-hydroxylation sites is 2. The highest BCUT2D eigenvalue weighted by Gasteiger charge is 2.12. The number of benzene rings is 2. The number of isocyanates is 2. The first-order valence-corrected chi connectivity index (χ1v) is 10.6. The van der Waals surface area contributed by atoms with Crippen molar-refractivity contribution in [1.82, 2.24) is 0 Å². The van der Waals surface area contributed by atoms with Crippen LogP contribution in [0.15, 0.2) is 58.5 Å². The highest BCUT2D eigenvalue weighted by atomic mass is 16.6. The first-order valence-electron chi connectivity index (χ1n) is 10.6. The average Bonchev–Trinajstić information content (AvgIpc) is 2.87. The van der Waals surface area contributed by atoms with E-state index in [2.05, 4.69) is 9.98 Å². The molecule has 0 atom stereocenters. The van der Waals surface area contributed by atoms with Gasteiger partial charge in [-0.3, -0.25) is 0 Å². The maximum absolute atomic E-state index is 12.0. The molecule has 2 aromatic carbocycles. The summed E-state index contributed by atoms with van der Waals surface area (Å²) in [6.45, 7) is 1.65. The van der Waals surface area contributed by atoms with E-state index in [1.165, 1.54) is 36.4 Å². The summed E-state index contributed by atoms with van der Waals surface area (Å²) in [7, 11) is 0. The van der Waals surface area contributed by atoms with E-state index >= 15 is 0 Å². The molecule has 0 aliphatic rings. The molecule has 0 saturated carbocycles. The molecule has 0 aromatic heterocycles. The molecule has 184 valence electrons. The van der Waals surface area contributed by atoms with E-state index in [9.17, 15) is 19.2 Å². The largest absolute Gasteiger partial charge is 0.460 e. The maximum Gasteiger partial charge on any atom is 0.340 e. The molecule has 0 aliphatic carbocycles. The molecule has 0 unspecified atom stereocenters. The van der Waals surface area contributed by atoms with E-state index in [0.29, 0.717) is 26.4 Å². The van der Waals surface area contributed by atoms with Gasteiger partial charge in [-0.1, -0.05) is 24.3 Å². The predicted molar refractivity (Wildman–Crippen MR) is 121 cm³/mol. The van der Waals surface area contributed by atoms with Crippen LogP contribution >= 0.6 is 0 Å². The summed E-state index contributed by atoms with van der Waals surface area (Å²) in [5.74, 6) is -1.22. The van der Waals surface area contributed by atoms with Gasteiger partial charge in [-0.05, 0) is 24.3 Å². The lowest BCUT2D eigenvalue weighted by atomic mass is 10.2. The predicted octanol–water partition coefficient (Wildman–Crippen LogP) is 2.68. The fourth-order valence-corrected chi connectivity index (χ4v) is 2.67. The number of nitrogens with zero attached hydrogens (tertiary/aromatic N) is 2. The molecular weight excluding hydrogens is 460 g/mol. The minimum atomic E-state index is -0.610. The van der Waals surface area contributed by atoms with Gasteiger partial charge in [0.2, 0.25) is 12.2 Å². The van der Waals surface area contributed by atoms with E-state index in [4.69, 9.17) is 23.7 Å². The molecule has 0 saturated heterocycles. The molecule has 2 rings (SSSR count). The number of hydrogen-bond donors (Lipinski definition) is 0. The Kier molecular flexibility index (Phi) is 12.9. The van der Waals surface area contributed by atoms with Gasteiger partial charge in [0.15, 0.2) is 0 Å². The summed E-state index contributed by atoms with van der Waals surface area (Å²) in [4.78, 5) is 51.8. The van der Waals surface area contributed by atoms with Crippen molar-refractivity contribution in [3.05, 3.63) is 59.7 Å². The van der Waals surface area contributed by atoms with Crippen molar-refractivity contribution in [2.24, 2.45) is 9.98 Å². The zero-order chi connectivity index (χ0) is 25.1. The van der Waals surface area contributed by atoms with Crippen molar-refractivity contribution >= 4 is 35.5 Å². The molecule has 0 fully saturated rings. The van der Waals surface area contributed by atoms with Gasteiger partial charge in [0.1, 0.15) is 13.2 Å². The SMILES string of the molecule is O=C=Nc1ccccc1C(=O)OCCOCCOCCOCCOC(=O)c1ccccc1N=C=O. The summed E-state index contributed by atoms with van der Waals surface area (Å²) < 4.78 is 26.2. The Morgan fingerprint density at radius 1 is 0.571 bits per heavy atom. The normalized spacial score (nSPS) is 10.1. The number of hydrogen-bond acceptors (Lipinski definition) is 11. The van der Waals surface area contributed by atoms with Gasteiger partial charge >= 0.3 is 11.9 Å². The Hall–Kier alpha value is -3.98. The Morgan fingerprint density at radius 2 is 0.914 bits per heavy atom. The Bertz CT molecular complexity index is 977. The van der Waals surface area contributed by atoms with Crippen molar-refractivity contribution in [3.63, 3.8) is 0 Å². The molecule has 0 spiro atoms. The van der Waals surface area contributed by atoms with Crippen LogP contribution in [0.5, 0.6) is 0 Å². The zero-order valence-electron chi connectivity index (χ0n) is 18.8. The van der Waals surface area contributed by atoms with Gasteiger partial charge < -0.3 is 23.7 Å². The van der Waals surface area contributed by atoms with Crippen LogP contribution in [0, 0.1) is 0 Å². The van der Waals surface area contributed by atoms with Gasteiger partial charge in [-0.25, -0.2) is 19.2 Å². The smallest absolute Gasteiger partial charge is 0.340 e. The van der Waals surface area contributed by atoms with E-state index in [1.807, 2.05) is 0 Å². The Labute approximate surface area is 201 Å². The summed E-state index contributed by atoms with van der Waals surface area (Å²) in [6, 6.07) is 12.6. The molecular formula is C24H24N2O9. The monoisotopic (exact) mass is 484 g/mol. The fourth-order valence-electron chi connectivity index (χ4n) is 2.67. The Balaban J connectivity index is 1.45. The molecule has 0 radical (unpaired) electrons. The van der Waals surface area contributed by atoms with Crippen LogP contribution in [0.1, 0.15) is 20.7 Å². The molecule has 0 N–H and O–H groups in total. The second-order valence-corrected chi connectivity index (χ2v) is 6.55. The van der Waals surface area contributed by atoms with Crippen molar-refractivity contribution in [2.75, 3.05) is 52.9 Å². The number of ether oxygens (including phenoxy) is 5. The lowest BCUT2D eigenvalue weighted by molar-refractivity contribution is -0.00671. The minimum absolute atomic E-state index is 0.0335. The first kappa shape index (κ1) is 27.3. The quantitative estimate of drug-likeness (QED) is 0.152. The second kappa shape index (κ2) is 16.6. The van der Waals surface area contributed by atoms with E-state index in [-0.39, 0.29) is 48.9 Å². The van der Waals surface area contributed by atoms with Crippen LogP contribution in [0.2, 0.25) is 0 Å². The molecule has 0 amide bonds. The third-order valence-corrected chi connectivity index (χ3v) is 4.25. The van der Waals surface area contributed by atoms with Crippen LogP contribution in [-0.4, -0.2) is 77.0 Å². The average molecular weight is 484 g/mol. The molecule has 0 heterocycles. The highest BCUT2D eigenvalue weighted by Crippen LogP contribution is 2.19. The maximum atomic E-state index is 12.0. The van der Waals surface area contributed by atoms with Gasteiger partial charge in [-0.2, -0.15) is 9.98 Å². The highest BCUT2D eigenvalue weighted by molar-refractivity contribution is 5.95. The number of aliphatic imine (C=N–C) groups is 2. The van der Waals surface area contributed by atoms with Crippen molar-refractivity contribution in [3.8, 4) is 0 Å². The second-order valence-electron chi connectivity index (χ2n) is 6.55. The summed E-state index contributed by atoms with van der Waals surface area (Å²) in [6.07, 6.45) is 2.79. The topological polar surface area (TPSA) is 139 Å². The molecule has 11 heteroatoms. The number of esters is 2. The van der Waals surface area contributed by atoms with E-state index < -0.39 is 11.9 Å². The number of carbonyl (C=O) groups is 2. The van der Waals surface area contributed by atoms with E-state index in [0.717, 1.165) is 0 Å². The minimum Gasteiger partial charge on any atom is -0.460 e. The van der Waals surface area contributed by atoms with Crippen molar-refractivity contribution < 1.29 is 42.9 Å². The van der Waals surface area contributed by atoms with Gasteiger partial charge in [-0.15, -0.1) is 0 Å². The summed E-state index contributed by atoms with van der Waals surface area (Å²) in [5, 5.41) is 0. The van der Waals surface area contributed by atoms with Crippen LogP contribution < -0.4 is 0 Å². The summed E-state index contributed by atoms with van der Waals surface area (Å²) >= 11 is 0. The van der Waals surface area contributed by atoms with E-state index in [1.54, 1.807) is 24.3 Å². The Morgan fingerprint density at radius 3 is 1.29 bits per heavy atom. The third-order valence-electron chi connectivity index (χ3n) is 4.25. The number of rotatable bonds is 16. The fraction of sp³-hybridized carbons (Fsp3) is 0.333. The number of carbonyl (C=O) groups excluding carboxylic acids is 4. The van der Waals surface area contributed by atoms with Crippen LogP contribution in [0.4, 0.5) is 11.4 Å².